The molecule has 4 N–H and O–H groups in total. The lowest BCUT2D eigenvalue weighted by atomic mass is 10.4. The van der Waals surface area contributed by atoms with E-state index in [2.05, 4.69) is 20.8 Å². The Bertz CT molecular complexity index is 535. The summed E-state index contributed by atoms with van der Waals surface area (Å²) in [7, 11) is 0. The molecule has 0 saturated heterocycles. The summed E-state index contributed by atoms with van der Waals surface area (Å²) in [6, 6.07) is 8.25. The molecule has 0 saturated carbocycles. The molecule has 6 nitrogen and oxygen atoms in total. The monoisotopic (exact) mass is 342 g/mol. The molecule has 1 rings (SSSR count). The summed E-state index contributed by atoms with van der Waals surface area (Å²) < 4.78 is 0. The third-order valence-electron chi connectivity index (χ3n) is 2.48. The molecule has 0 radical (unpaired) electrons. The number of carbonyl (C=O) groups is 2. The van der Waals surface area contributed by atoms with Crippen LogP contribution in [0.3, 0.4) is 0 Å². The van der Waals surface area contributed by atoms with Crippen LogP contribution in [-0.4, -0.2) is 24.1 Å². The fourth-order valence-corrected chi connectivity index (χ4v) is 4.14. The standard InChI is InChI=1S/C14H23N4O2PS/c1-10(2)15-13(19)17-21(22,12-8-6-5-7-9-12)18-14(20)16-11(3)4/h5-11H,1-4H3,(H4,15,16,17,18,19,20,22). The summed E-state index contributed by atoms with van der Waals surface area (Å²) in [5.41, 5.74) is 0. The fourth-order valence-electron chi connectivity index (χ4n) is 1.67. The molecule has 1 aromatic rings. The fraction of sp³-hybridized carbons (Fsp3) is 0.429. The van der Waals surface area contributed by atoms with E-state index >= 15 is 0 Å². The molecule has 0 unspecified atom stereocenters. The highest BCUT2D eigenvalue weighted by Gasteiger charge is 2.25. The molecule has 122 valence electrons. The summed E-state index contributed by atoms with van der Waals surface area (Å²) in [6.07, 6.45) is -2.79. The molecule has 22 heavy (non-hydrogen) atoms. The quantitative estimate of drug-likeness (QED) is 0.618. The highest BCUT2D eigenvalue weighted by atomic mass is 32.4. The van der Waals surface area contributed by atoms with Gasteiger partial charge in [-0.1, -0.05) is 30.3 Å². The van der Waals surface area contributed by atoms with E-state index in [1.54, 1.807) is 12.1 Å². The molecule has 1 aromatic carbocycles. The number of hydrogen-bond acceptors (Lipinski definition) is 3. The normalized spacial score (nSPS) is 11.2. The van der Waals surface area contributed by atoms with Crippen molar-refractivity contribution in [2.75, 3.05) is 0 Å². The Kier molecular flexibility index (Phi) is 6.84. The van der Waals surface area contributed by atoms with E-state index in [0.717, 1.165) is 0 Å². The van der Waals surface area contributed by atoms with E-state index in [1.165, 1.54) is 0 Å². The van der Waals surface area contributed by atoms with Crippen LogP contribution in [0.25, 0.3) is 0 Å². The van der Waals surface area contributed by atoms with Gasteiger partial charge in [0.05, 0.1) is 0 Å². The van der Waals surface area contributed by atoms with Gasteiger partial charge in [-0.3, -0.25) is 10.2 Å². The van der Waals surface area contributed by atoms with Crippen LogP contribution in [0.15, 0.2) is 30.3 Å². The second-order valence-corrected chi connectivity index (χ2v) is 9.25. The van der Waals surface area contributed by atoms with Gasteiger partial charge in [0, 0.05) is 17.4 Å². The minimum atomic E-state index is -2.79. The smallest absolute Gasteiger partial charge is 0.320 e. The van der Waals surface area contributed by atoms with Crippen molar-refractivity contribution in [3.8, 4) is 0 Å². The lowest BCUT2D eigenvalue weighted by Crippen LogP contribution is -2.46. The Morgan fingerprint density at radius 2 is 1.32 bits per heavy atom. The number of rotatable bonds is 5. The van der Waals surface area contributed by atoms with Gasteiger partial charge in [0.25, 0.3) is 0 Å². The van der Waals surface area contributed by atoms with Gasteiger partial charge in [-0.15, -0.1) is 0 Å². The van der Waals surface area contributed by atoms with E-state index in [9.17, 15) is 9.59 Å². The van der Waals surface area contributed by atoms with Crippen molar-refractivity contribution in [2.45, 2.75) is 39.8 Å². The molecule has 0 heterocycles. The predicted molar refractivity (Wildman–Crippen MR) is 94.0 cm³/mol. The first-order valence-electron chi connectivity index (χ1n) is 7.06. The second kappa shape index (κ2) is 8.15. The average Bonchev–Trinajstić information content (AvgIpc) is 2.37. The topological polar surface area (TPSA) is 82.3 Å². The summed E-state index contributed by atoms with van der Waals surface area (Å²) in [4.78, 5) is 24.0. The molecular weight excluding hydrogens is 319 g/mol. The number of amides is 4. The minimum absolute atomic E-state index is 0.0243. The maximum absolute atomic E-state index is 12.0. The summed E-state index contributed by atoms with van der Waals surface area (Å²) >= 11 is 5.59. The van der Waals surface area contributed by atoms with E-state index in [-0.39, 0.29) is 12.1 Å². The van der Waals surface area contributed by atoms with Gasteiger partial charge in [-0.05, 0) is 39.5 Å². The molecule has 0 aliphatic rings. The zero-order chi connectivity index (χ0) is 16.8. The van der Waals surface area contributed by atoms with E-state index < -0.39 is 18.4 Å². The van der Waals surface area contributed by atoms with Crippen molar-refractivity contribution in [1.82, 2.24) is 20.8 Å². The van der Waals surface area contributed by atoms with Crippen LogP contribution in [0.2, 0.25) is 0 Å². The van der Waals surface area contributed by atoms with Crippen molar-refractivity contribution in [3.05, 3.63) is 30.3 Å². The highest BCUT2D eigenvalue weighted by Crippen LogP contribution is 2.34. The van der Waals surface area contributed by atoms with E-state index in [0.29, 0.717) is 5.30 Å². The number of hydrogen-bond donors (Lipinski definition) is 4. The van der Waals surface area contributed by atoms with Crippen molar-refractivity contribution in [1.29, 1.82) is 0 Å². The minimum Gasteiger partial charge on any atom is -0.336 e. The largest absolute Gasteiger partial charge is 0.336 e. The van der Waals surface area contributed by atoms with Crippen LogP contribution >= 0.6 is 6.34 Å². The van der Waals surface area contributed by atoms with Crippen LogP contribution in [0.4, 0.5) is 9.59 Å². The van der Waals surface area contributed by atoms with Gasteiger partial charge in [0.15, 0.2) is 6.34 Å². The average molecular weight is 342 g/mol. The molecule has 0 spiro atoms. The molecule has 0 aliphatic carbocycles. The SMILES string of the molecule is CC(C)NC(=O)NP(=S)(NC(=O)NC(C)C)c1ccccc1. The predicted octanol–water partition coefficient (Wildman–Crippen LogP) is 2.04. The van der Waals surface area contributed by atoms with Gasteiger partial charge in [-0.2, -0.15) is 0 Å². The molecule has 8 heteroatoms. The Labute approximate surface area is 136 Å². The van der Waals surface area contributed by atoms with Crippen molar-refractivity contribution < 1.29 is 9.59 Å². The molecule has 0 atom stereocenters. The van der Waals surface area contributed by atoms with Crippen LogP contribution in [-0.2, 0) is 11.8 Å². The first-order chi connectivity index (χ1) is 10.2. The van der Waals surface area contributed by atoms with Crippen LogP contribution in [0.1, 0.15) is 27.7 Å². The van der Waals surface area contributed by atoms with Crippen LogP contribution < -0.4 is 26.1 Å². The van der Waals surface area contributed by atoms with Gasteiger partial charge >= 0.3 is 12.1 Å². The zero-order valence-corrected chi connectivity index (χ0v) is 14.9. The third-order valence-corrected chi connectivity index (χ3v) is 5.72. The molecule has 0 bridgehead atoms. The van der Waals surface area contributed by atoms with Crippen LogP contribution in [0.5, 0.6) is 0 Å². The van der Waals surface area contributed by atoms with Gasteiger partial charge in [0.1, 0.15) is 0 Å². The zero-order valence-electron chi connectivity index (χ0n) is 13.2. The molecule has 0 aliphatic heterocycles. The first kappa shape index (κ1) is 18.5. The summed E-state index contributed by atoms with van der Waals surface area (Å²) in [6.45, 7) is 7.41. The molecular formula is C14H23N4O2PS. The van der Waals surface area contributed by atoms with Crippen molar-refractivity contribution >= 4 is 35.5 Å². The Morgan fingerprint density at radius 3 is 1.68 bits per heavy atom. The molecule has 4 amide bonds. The maximum atomic E-state index is 12.0. The van der Waals surface area contributed by atoms with Crippen molar-refractivity contribution in [3.63, 3.8) is 0 Å². The van der Waals surface area contributed by atoms with Crippen LogP contribution in [0, 0.1) is 0 Å². The van der Waals surface area contributed by atoms with Gasteiger partial charge in [-0.25, -0.2) is 9.59 Å². The summed E-state index contributed by atoms with van der Waals surface area (Å²) in [5, 5.41) is 11.7. The summed E-state index contributed by atoms with van der Waals surface area (Å²) in [5.74, 6) is 0. The molecule has 0 aromatic heterocycles. The number of carbonyl (C=O) groups excluding carboxylic acids is 2. The van der Waals surface area contributed by atoms with Gasteiger partial charge < -0.3 is 10.6 Å². The number of benzene rings is 1. The highest BCUT2D eigenvalue weighted by molar-refractivity contribution is 8.16. The first-order valence-corrected chi connectivity index (χ1v) is 9.86. The van der Waals surface area contributed by atoms with Crippen molar-refractivity contribution in [2.24, 2.45) is 0 Å². The van der Waals surface area contributed by atoms with E-state index in [4.69, 9.17) is 11.8 Å². The maximum Gasteiger partial charge on any atom is 0.320 e. The lowest BCUT2D eigenvalue weighted by Gasteiger charge is -2.26. The van der Waals surface area contributed by atoms with E-state index in [1.807, 2.05) is 45.9 Å². The van der Waals surface area contributed by atoms with Gasteiger partial charge in [0.2, 0.25) is 0 Å². The number of urea groups is 2. The Morgan fingerprint density at radius 1 is 0.909 bits per heavy atom. The third kappa shape index (κ3) is 6.03. The number of nitrogens with one attached hydrogen (secondary N) is 4. The Balaban J connectivity index is 2.98. The lowest BCUT2D eigenvalue weighted by molar-refractivity contribution is 0.243. The second-order valence-electron chi connectivity index (χ2n) is 5.42. The molecule has 0 fully saturated rings. The Hall–Kier alpha value is -1.59.